The maximum atomic E-state index is 14.5. The van der Waals surface area contributed by atoms with Crippen LogP contribution in [0.4, 0.5) is 10.1 Å². The van der Waals surface area contributed by atoms with Crippen molar-refractivity contribution in [1.29, 1.82) is 0 Å². The highest BCUT2D eigenvalue weighted by Crippen LogP contribution is 2.36. The number of carbonyl (C=O) groups excluding carboxylic acids is 1. The summed E-state index contributed by atoms with van der Waals surface area (Å²) in [4.78, 5) is 17.4. The molecule has 1 unspecified atom stereocenters. The highest BCUT2D eigenvalue weighted by atomic mass is 32.2. The van der Waals surface area contributed by atoms with Crippen LogP contribution in [0.15, 0.2) is 52.4 Å². The van der Waals surface area contributed by atoms with E-state index in [0.29, 0.717) is 31.1 Å². The lowest BCUT2D eigenvalue weighted by Gasteiger charge is -2.30. The Labute approximate surface area is 205 Å². The molecule has 7 nitrogen and oxygen atoms in total. The maximum Gasteiger partial charge on any atom is 0.255 e. The number of nitrogens with zero attached hydrogens (tertiary/aromatic N) is 2. The number of amides is 1. The molecule has 1 amide bonds. The SMILES string of the molecule is CCCN(CCC)S(=O)(=O)c1ccc(C(=O)Nc2cc(C3(C)CCSC(N)=N3)ccc2F)cc1. The van der Waals surface area contributed by atoms with Crippen LogP contribution < -0.4 is 11.1 Å². The number of rotatable bonds is 9. The summed E-state index contributed by atoms with van der Waals surface area (Å²) >= 11 is 1.48. The summed E-state index contributed by atoms with van der Waals surface area (Å²) in [6.45, 7) is 6.64. The zero-order chi connectivity index (χ0) is 24.9. The lowest BCUT2D eigenvalue weighted by molar-refractivity contribution is 0.102. The number of anilines is 1. The fourth-order valence-corrected chi connectivity index (χ4v) is 6.42. The summed E-state index contributed by atoms with van der Waals surface area (Å²) < 4.78 is 41.8. The van der Waals surface area contributed by atoms with Crippen molar-refractivity contribution >= 4 is 38.5 Å². The van der Waals surface area contributed by atoms with Crippen LogP contribution in [0.3, 0.4) is 0 Å². The number of hydrogen-bond donors (Lipinski definition) is 2. The van der Waals surface area contributed by atoms with Crippen molar-refractivity contribution in [2.24, 2.45) is 10.7 Å². The van der Waals surface area contributed by atoms with Gasteiger partial charge in [0.05, 0.1) is 16.1 Å². The largest absolute Gasteiger partial charge is 0.379 e. The number of hydrogen-bond acceptors (Lipinski definition) is 6. The van der Waals surface area contributed by atoms with Crippen molar-refractivity contribution in [3.8, 4) is 0 Å². The Balaban J connectivity index is 1.81. The van der Waals surface area contributed by atoms with Crippen LogP contribution in [0, 0.1) is 5.82 Å². The van der Waals surface area contributed by atoms with Gasteiger partial charge < -0.3 is 11.1 Å². The van der Waals surface area contributed by atoms with Gasteiger partial charge in [-0.25, -0.2) is 12.8 Å². The number of aliphatic imine (C=N–C) groups is 1. The van der Waals surface area contributed by atoms with Crippen molar-refractivity contribution in [3.05, 3.63) is 59.4 Å². The normalized spacial score (nSPS) is 18.6. The molecule has 0 radical (unpaired) electrons. The predicted molar refractivity (Wildman–Crippen MR) is 136 cm³/mol. The second-order valence-electron chi connectivity index (χ2n) is 8.40. The molecule has 0 bridgehead atoms. The van der Waals surface area contributed by atoms with Gasteiger partial charge in [0.2, 0.25) is 10.0 Å². The summed E-state index contributed by atoms with van der Waals surface area (Å²) in [7, 11) is -3.65. The van der Waals surface area contributed by atoms with Crippen LogP contribution in [0.2, 0.25) is 0 Å². The number of sulfonamides is 1. The zero-order valence-corrected chi connectivity index (χ0v) is 21.3. The van der Waals surface area contributed by atoms with Gasteiger partial charge in [0.25, 0.3) is 5.91 Å². The third-order valence-corrected chi connectivity index (χ3v) is 8.44. The summed E-state index contributed by atoms with van der Waals surface area (Å²) in [6.07, 6.45) is 2.15. The number of halogens is 1. The van der Waals surface area contributed by atoms with Crippen molar-refractivity contribution in [2.45, 2.75) is 50.5 Å². The van der Waals surface area contributed by atoms with E-state index in [1.165, 1.54) is 46.4 Å². The van der Waals surface area contributed by atoms with Crippen molar-refractivity contribution in [1.82, 2.24) is 4.31 Å². The third-order valence-electron chi connectivity index (χ3n) is 5.73. The van der Waals surface area contributed by atoms with Crippen LogP contribution in [-0.2, 0) is 15.6 Å². The molecule has 1 aliphatic heterocycles. The summed E-state index contributed by atoms with van der Waals surface area (Å²) in [5.74, 6) is -0.308. The van der Waals surface area contributed by atoms with E-state index in [2.05, 4.69) is 10.3 Å². The number of thioether (sulfide) groups is 1. The van der Waals surface area contributed by atoms with E-state index < -0.39 is 27.3 Å². The molecule has 0 fully saturated rings. The van der Waals surface area contributed by atoms with Crippen LogP contribution in [0.5, 0.6) is 0 Å². The van der Waals surface area contributed by atoms with Gasteiger partial charge >= 0.3 is 0 Å². The maximum absolute atomic E-state index is 14.5. The van der Waals surface area contributed by atoms with Gasteiger partial charge in [0, 0.05) is 24.4 Å². The Morgan fingerprint density at radius 3 is 2.41 bits per heavy atom. The quantitative estimate of drug-likeness (QED) is 0.519. The van der Waals surface area contributed by atoms with Crippen molar-refractivity contribution in [2.75, 3.05) is 24.2 Å². The Morgan fingerprint density at radius 2 is 1.82 bits per heavy atom. The molecule has 34 heavy (non-hydrogen) atoms. The minimum Gasteiger partial charge on any atom is -0.379 e. The summed E-state index contributed by atoms with van der Waals surface area (Å²) in [5, 5.41) is 3.08. The molecular formula is C24H31FN4O3S2. The van der Waals surface area contributed by atoms with Gasteiger partial charge in [-0.15, -0.1) is 0 Å². The molecule has 1 heterocycles. The van der Waals surface area contributed by atoms with Crippen LogP contribution in [0.25, 0.3) is 0 Å². The van der Waals surface area contributed by atoms with Crippen molar-refractivity contribution < 1.29 is 17.6 Å². The molecule has 10 heteroatoms. The molecule has 3 N–H and O–H groups in total. The molecule has 184 valence electrons. The van der Waals surface area contributed by atoms with Crippen LogP contribution in [0.1, 0.15) is 56.0 Å². The molecule has 1 atom stereocenters. The smallest absolute Gasteiger partial charge is 0.255 e. The first kappa shape index (κ1) is 26.2. The van der Waals surface area contributed by atoms with Crippen LogP contribution >= 0.6 is 11.8 Å². The Bertz CT molecular complexity index is 1160. The summed E-state index contributed by atoms with van der Waals surface area (Å²) in [5.41, 5.74) is 6.30. The van der Waals surface area contributed by atoms with Gasteiger partial charge in [-0.2, -0.15) is 4.31 Å². The molecule has 0 saturated carbocycles. The molecule has 0 aliphatic carbocycles. The van der Waals surface area contributed by atoms with Crippen molar-refractivity contribution in [3.63, 3.8) is 0 Å². The van der Waals surface area contributed by atoms with E-state index in [9.17, 15) is 17.6 Å². The lowest BCUT2D eigenvalue weighted by Crippen LogP contribution is -2.32. The third kappa shape index (κ3) is 5.79. The molecule has 3 rings (SSSR count). The molecule has 0 aromatic heterocycles. The number of carbonyl (C=O) groups is 1. The minimum absolute atomic E-state index is 0.0319. The van der Waals surface area contributed by atoms with Gasteiger partial charge in [0.1, 0.15) is 5.82 Å². The molecule has 0 spiro atoms. The Morgan fingerprint density at radius 1 is 1.18 bits per heavy atom. The second-order valence-corrected chi connectivity index (χ2v) is 11.5. The van der Waals surface area contributed by atoms with E-state index in [4.69, 9.17) is 5.73 Å². The second kappa shape index (κ2) is 10.9. The predicted octanol–water partition coefficient (Wildman–Crippen LogP) is 4.56. The fourth-order valence-electron chi connectivity index (χ4n) is 3.82. The van der Waals surface area contributed by atoms with E-state index in [-0.39, 0.29) is 16.1 Å². The molecule has 2 aromatic carbocycles. The fraction of sp³-hybridized carbons (Fsp3) is 0.417. The highest BCUT2D eigenvalue weighted by molar-refractivity contribution is 8.13. The van der Waals surface area contributed by atoms with E-state index in [0.717, 1.165) is 17.7 Å². The monoisotopic (exact) mass is 506 g/mol. The average Bonchev–Trinajstić information content (AvgIpc) is 2.80. The molecule has 1 aliphatic rings. The summed E-state index contributed by atoms with van der Waals surface area (Å²) in [6, 6.07) is 10.2. The first-order chi connectivity index (χ1) is 16.1. The van der Waals surface area contributed by atoms with E-state index in [1.807, 2.05) is 20.8 Å². The molecular weight excluding hydrogens is 475 g/mol. The van der Waals surface area contributed by atoms with Gasteiger partial charge in [0.15, 0.2) is 5.17 Å². The first-order valence-corrected chi connectivity index (χ1v) is 13.7. The molecule has 0 saturated heterocycles. The molecule has 2 aromatic rings. The van der Waals surface area contributed by atoms with Gasteiger partial charge in [-0.1, -0.05) is 31.7 Å². The topological polar surface area (TPSA) is 105 Å². The number of amidine groups is 1. The lowest BCUT2D eigenvalue weighted by atomic mass is 9.89. The number of nitrogens with two attached hydrogens (primary N) is 1. The standard InChI is InChI=1S/C24H31FN4O3S2/c1-4-13-29(14-5-2)34(31,32)19-9-6-17(7-10-19)22(30)27-21-16-18(8-11-20(21)25)24(3)12-15-33-23(26)28-24/h6-11,16H,4-5,12-15H2,1-3H3,(H2,26,28)(H,27,30). The average molecular weight is 507 g/mol. The van der Waals surface area contributed by atoms with Gasteiger partial charge in [-0.05, 0) is 68.1 Å². The zero-order valence-electron chi connectivity index (χ0n) is 19.7. The van der Waals surface area contributed by atoms with Gasteiger partial charge in [-0.3, -0.25) is 9.79 Å². The van der Waals surface area contributed by atoms with E-state index >= 15 is 0 Å². The van der Waals surface area contributed by atoms with E-state index in [1.54, 1.807) is 12.1 Å². The minimum atomic E-state index is -3.65. The Kier molecular flexibility index (Phi) is 8.38. The van der Waals surface area contributed by atoms with Crippen LogP contribution in [-0.4, -0.2) is 42.6 Å². The Hall–Kier alpha value is -2.43. The highest BCUT2D eigenvalue weighted by Gasteiger charge is 2.30. The number of benzene rings is 2. The number of nitrogens with one attached hydrogen (secondary N) is 1. The first-order valence-electron chi connectivity index (χ1n) is 11.3.